The number of rotatable bonds is 7. The van der Waals surface area contributed by atoms with Crippen LogP contribution >= 0.6 is 24.8 Å². The second kappa shape index (κ2) is 12.0. The zero-order chi connectivity index (χ0) is 17.5. The first kappa shape index (κ1) is 23.4. The van der Waals surface area contributed by atoms with Crippen molar-refractivity contribution in [1.29, 1.82) is 0 Å². The number of hydrogen-bond acceptors (Lipinski definition) is 3. The Morgan fingerprint density at radius 3 is 2.30 bits per heavy atom. The van der Waals surface area contributed by atoms with Crippen molar-refractivity contribution in [2.45, 2.75) is 38.4 Å². The van der Waals surface area contributed by atoms with E-state index in [0.29, 0.717) is 13.0 Å². The van der Waals surface area contributed by atoms with Crippen LogP contribution in [0.5, 0.6) is 0 Å². The van der Waals surface area contributed by atoms with Gasteiger partial charge in [0.05, 0.1) is 6.04 Å². The van der Waals surface area contributed by atoms with Crippen molar-refractivity contribution in [3.05, 3.63) is 71.3 Å². The van der Waals surface area contributed by atoms with E-state index in [0.717, 1.165) is 17.7 Å². The van der Waals surface area contributed by atoms with Crippen molar-refractivity contribution in [3.8, 4) is 0 Å². The normalized spacial score (nSPS) is 14.7. The van der Waals surface area contributed by atoms with Gasteiger partial charge in [-0.2, -0.15) is 0 Å². The molecule has 1 atom stereocenters. The van der Waals surface area contributed by atoms with E-state index in [4.69, 9.17) is 5.73 Å². The van der Waals surface area contributed by atoms with Crippen LogP contribution in [0.4, 0.5) is 0 Å². The van der Waals surface area contributed by atoms with E-state index in [2.05, 4.69) is 34.5 Å². The Labute approximate surface area is 174 Å². The van der Waals surface area contributed by atoms with Crippen molar-refractivity contribution in [2.75, 3.05) is 13.1 Å². The van der Waals surface area contributed by atoms with Crippen LogP contribution in [0.2, 0.25) is 0 Å². The minimum atomic E-state index is -0.518. The molecule has 3 N–H and O–H groups in total. The Kier molecular flexibility index (Phi) is 10.4. The number of carbonyl (C=O) groups excluding carboxylic acids is 1. The van der Waals surface area contributed by atoms with E-state index < -0.39 is 6.04 Å². The first-order valence-corrected chi connectivity index (χ1v) is 9.08. The summed E-state index contributed by atoms with van der Waals surface area (Å²) in [7, 11) is 0. The molecule has 1 saturated heterocycles. The van der Waals surface area contributed by atoms with Crippen LogP contribution < -0.4 is 11.1 Å². The van der Waals surface area contributed by atoms with Crippen LogP contribution in [-0.4, -0.2) is 29.9 Å². The molecule has 2 aromatic carbocycles. The number of benzene rings is 2. The number of likely N-dealkylation sites (tertiary alicyclic amines) is 1. The highest BCUT2D eigenvalue weighted by Crippen LogP contribution is 2.14. The monoisotopic (exact) mass is 409 g/mol. The lowest BCUT2D eigenvalue weighted by molar-refractivity contribution is -0.122. The topological polar surface area (TPSA) is 58.4 Å². The van der Waals surface area contributed by atoms with Crippen molar-refractivity contribution in [3.63, 3.8) is 0 Å². The maximum atomic E-state index is 12.2. The Bertz CT molecular complexity index is 691. The van der Waals surface area contributed by atoms with Crippen molar-refractivity contribution >= 4 is 30.7 Å². The molecule has 1 fully saturated rings. The molecule has 3 rings (SSSR count). The van der Waals surface area contributed by atoms with E-state index in [-0.39, 0.29) is 30.7 Å². The maximum absolute atomic E-state index is 12.2. The molecular formula is C21H29Cl2N3O. The number of carbonyl (C=O) groups is 1. The molecule has 0 saturated carbocycles. The highest BCUT2D eigenvalue weighted by Gasteiger charge is 2.14. The van der Waals surface area contributed by atoms with Gasteiger partial charge in [0.1, 0.15) is 0 Å². The summed E-state index contributed by atoms with van der Waals surface area (Å²) in [5, 5.41) is 2.96. The molecule has 1 amide bonds. The van der Waals surface area contributed by atoms with Gasteiger partial charge in [0.25, 0.3) is 0 Å². The molecule has 0 bridgehead atoms. The molecule has 1 heterocycles. The van der Waals surface area contributed by atoms with Crippen molar-refractivity contribution in [2.24, 2.45) is 5.73 Å². The standard InChI is InChI=1S/C21H27N3O.2ClH/c22-20(14-17-7-2-1-3-8-17)21(25)23-15-18-9-6-10-19(13-18)16-24-11-4-5-12-24;;/h1-3,6-10,13,20H,4-5,11-12,14-16,22H2,(H,23,25);2*1H. The Balaban J connectivity index is 0.00000182. The number of amides is 1. The van der Waals surface area contributed by atoms with E-state index in [1.807, 2.05) is 30.3 Å². The first-order valence-electron chi connectivity index (χ1n) is 9.08. The predicted octanol–water partition coefficient (Wildman–Crippen LogP) is 3.31. The highest BCUT2D eigenvalue weighted by molar-refractivity contribution is 5.85. The third-order valence-corrected chi connectivity index (χ3v) is 4.70. The zero-order valence-corrected chi connectivity index (χ0v) is 17.1. The minimum absolute atomic E-state index is 0. The Hall–Kier alpha value is -1.59. The van der Waals surface area contributed by atoms with Crippen LogP contribution in [0.25, 0.3) is 0 Å². The van der Waals surface area contributed by atoms with Gasteiger partial charge < -0.3 is 11.1 Å². The summed E-state index contributed by atoms with van der Waals surface area (Å²) in [5.41, 5.74) is 9.54. The summed E-state index contributed by atoms with van der Waals surface area (Å²) < 4.78 is 0. The van der Waals surface area contributed by atoms with Gasteiger partial charge in [-0.05, 0) is 49.0 Å². The molecule has 0 spiro atoms. The summed E-state index contributed by atoms with van der Waals surface area (Å²) in [6.07, 6.45) is 3.16. The van der Waals surface area contributed by atoms with Gasteiger partial charge in [-0.25, -0.2) is 0 Å². The van der Waals surface area contributed by atoms with Gasteiger partial charge in [-0.3, -0.25) is 9.69 Å². The van der Waals surface area contributed by atoms with Gasteiger partial charge >= 0.3 is 0 Å². The minimum Gasteiger partial charge on any atom is -0.351 e. The average molecular weight is 410 g/mol. The highest BCUT2D eigenvalue weighted by atomic mass is 35.5. The quantitative estimate of drug-likeness (QED) is 0.737. The number of nitrogens with two attached hydrogens (primary N) is 1. The SMILES string of the molecule is Cl.Cl.NC(Cc1ccccc1)C(=O)NCc1cccc(CN2CCCC2)c1. The molecular weight excluding hydrogens is 381 g/mol. The van der Waals surface area contributed by atoms with Crippen LogP contribution in [-0.2, 0) is 24.3 Å². The summed E-state index contributed by atoms with van der Waals surface area (Å²) in [4.78, 5) is 14.7. The number of hydrogen-bond donors (Lipinski definition) is 2. The lowest BCUT2D eigenvalue weighted by Crippen LogP contribution is -2.41. The second-order valence-corrected chi connectivity index (χ2v) is 6.82. The van der Waals surface area contributed by atoms with Crippen LogP contribution in [0.1, 0.15) is 29.5 Å². The molecule has 27 heavy (non-hydrogen) atoms. The van der Waals surface area contributed by atoms with Crippen molar-refractivity contribution in [1.82, 2.24) is 10.2 Å². The second-order valence-electron chi connectivity index (χ2n) is 6.82. The smallest absolute Gasteiger partial charge is 0.237 e. The molecule has 2 aromatic rings. The van der Waals surface area contributed by atoms with Gasteiger partial charge in [0.15, 0.2) is 0 Å². The molecule has 1 aliphatic heterocycles. The Morgan fingerprint density at radius 1 is 0.963 bits per heavy atom. The zero-order valence-electron chi connectivity index (χ0n) is 15.5. The first-order chi connectivity index (χ1) is 12.2. The fourth-order valence-corrected chi connectivity index (χ4v) is 3.32. The van der Waals surface area contributed by atoms with Crippen LogP contribution in [0.15, 0.2) is 54.6 Å². The third kappa shape index (κ3) is 7.51. The molecule has 6 heteroatoms. The third-order valence-electron chi connectivity index (χ3n) is 4.70. The lowest BCUT2D eigenvalue weighted by atomic mass is 10.1. The summed E-state index contributed by atoms with van der Waals surface area (Å²) >= 11 is 0. The van der Waals surface area contributed by atoms with Gasteiger partial charge in [-0.15, -0.1) is 24.8 Å². The molecule has 148 valence electrons. The van der Waals surface area contributed by atoms with Crippen LogP contribution in [0, 0.1) is 0 Å². The number of nitrogens with one attached hydrogen (secondary N) is 1. The number of nitrogens with zero attached hydrogens (tertiary/aromatic N) is 1. The van der Waals surface area contributed by atoms with Crippen molar-refractivity contribution < 1.29 is 4.79 Å². The van der Waals surface area contributed by atoms with Gasteiger partial charge in [0, 0.05) is 13.1 Å². The maximum Gasteiger partial charge on any atom is 0.237 e. The molecule has 1 aliphatic rings. The molecule has 1 unspecified atom stereocenters. The lowest BCUT2D eigenvalue weighted by Gasteiger charge is -2.16. The molecule has 4 nitrogen and oxygen atoms in total. The van der Waals surface area contributed by atoms with E-state index in [1.54, 1.807) is 0 Å². The Morgan fingerprint density at radius 2 is 1.59 bits per heavy atom. The fraction of sp³-hybridized carbons (Fsp3) is 0.381. The summed E-state index contributed by atoms with van der Waals surface area (Å²) in [6, 6.07) is 17.8. The van der Waals surface area contributed by atoms with Gasteiger partial charge in [0.2, 0.25) is 5.91 Å². The number of halogens is 2. The fourth-order valence-electron chi connectivity index (χ4n) is 3.32. The van der Waals surface area contributed by atoms with Crippen LogP contribution in [0.3, 0.4) is 0 Å². The predicted molar refractivity (Wildman–Crippen MR) is 115 cm³/mol. The van der Waals surface area contributed by atoms with E-state index in [9.17, 15) is 4.79 Å². The van der Waals surface area contributed by atoms with E-state index >= 15 is 0 Å². The average Bonchev–Trinajstić information content (AvgIpc) is 3.14. The molecule has 0 radical (unpaired) electrons. The summed E-state index contributed by atoms with van der Waals surface area (Å²) in [5.74, 6) is -0.103. The van der Waals surface area contributed by atoms with Gasteiger partial charge in [-0.1, -0.05) is 54.6 Å². The molecule has 0 aromatic heterocycles. The molecule has 0 aliphatic carbocycles. The summed E-state index contributed by atoms with van der Waals surface area (Å²) in [6.45, 7) is 3.90. The largest absolute Gasteiger partial charge is 0.351 e. The van der Waals surface area contributed by atoms with E-state index in [1.165, 1.54) is 31.5 Å².